The van der Waals surface area contributed by atoms with Crippen LogP contribution in [0.15, 0.2) is 60.7 Å². The summed E-state index contributed by atoms with van der Waals surface area (Å²) in [6.45, 7) is 1.89. The fourth-order valence-electron chi connectivity index (χ4n) is 3.25. The summed E-state index contributed by atoms with van der Waals surface area (Å²) in [4.78, 5) is 24.8. The number of hydrogen-bond acceptors (Lipinski definition) is 2. The summed E-state index contributed by atoms with van der Waals surface area (Å²) in [6.07, 6.45) is -4.86. The minimum atomic E-state index is -4.78. The number of amides is 1. The fraction of sp³-hybridized carbons (Fsp3) is 0.167. The topological polar surface area (TPSA) is 46.2 Å². The summed E-state index contributed by atoms with van der Waals surface area (Å²) in [5.74, 6) is -2.06. The minimum Gasteiger partial charge on any atom is -0.321 e. The second-order valence-corrected chi connectivity index (χ2v) is 8.58. The fourth-order valence-corrected chi connectivity index (χ4v) is 3.74. The van der Waals surface area contributed by atoms with Crippen molar-refractivity contribution in [3.05, 3.63) is 97.9 Å². The van der Waals surface area contributed by atoms with Crippen molar-refractivity contribution in [1.82, 2.24) is 0 Å². The average molecular weight is 555 g/mol. The Hall–Kier alpha value is -2.75. The first-order valence-corrected chi connectivity index (χ1v) is 10.6. The lowest BCUT2D eigenvalue weighted by molar-refractivity contribution is -0.137. The molecule has 3 aromatic rings. The predicted octanol–water partition coefficient (Wildman–Crippen LogP) is 6.36. The smallest absolute Gasteiger partial charge is 0.321 e. The van der Waals surface area contributed by atoms with Crippen LogP contribution >= 0.6 is 22.6 Å². The summed E-state index contributed by atoms with van der Waals surface area (Å²) in [5.41, 5.74) is -0.0158. The van der Waals surface area contributed by atoms with Gasteiger partial charge in [-0.05, 0) is 71.0 Å². The van der Waals surface area contributed by atoms with E-state index in [-0.39, 0.29) is 29.8 Å². The molecule has 0 spiro atoms. The summed E-state index contributed by atoms with van der Waals surface area (Å²) >= 11 is 1.87. The SMILES string of the molecule is Cc1cccc(CC(=O)Cc2ccc(NC(=O)c3cc(I)ccc3F)c(C(F)(F)F)c2)c1. The van der Waals surface area contributed by atoms with Crippen molar-refractivity contribution in [2.75, 3.05) is 5.32 Å². The Morgan fingerprint density at radius 3 is 2.28 bits per heavy atom. The van der Waals surface area contributed by atoms with Crippen LogP contribution in [0.3, 0.4) is 0 Å². The monoisotopic (exact) mass is 555 g/mol. The zero-order valence-corrected chi connectivity index (χ0v) is 19.1. The molecule has 0 aromatic heterocycles. The molecule has 0 atom stereocenters. The van der Waals surface area contributed by atoms with Crippen LogP contribution < -0.4 is 5.32 Å². The molecular formula is C24H18F4INO2. The Balaban J connectivity index is 1.82. The number of aryl methyl sites for hydroxylation is 1. The molecule has 1 N–H and O–H groups in total. The number of alkyl halides is 3. The molecule has 3 nitrogen and oxygen atoms in total. The van der Waals surface area contributed by atoms with Gasteiger partial charge in [-0.25, -0.2) is 4.39 Å². The number of anilines is 1. The van der Waals surface area contributed by atoms with Gasteiger partial charge in [-0.1, -0.05) is 35.9 Å². The van der Waals surface area contributed by atoms with E-state index in [0.29, 0.717) is 3.57 Å². The number of ketones is 1. The number of Topliss-reactive ketones (excluding diaryl/α,β-unsaturated/α-hetero) is 1. The molecule has 0 bridgehead atoms. The maximum Gasteiger partial charge on any atom is 0.418 e. The van der Waals surface area contributed by atoms with Gasteiger partial charge in [-0.2, -0.15) is 13.2 Å². The molecule has 3 rings (SSSR count). The number of benzene rings is 3. The highest BCUT2D eigenvalue weighted by atomic mass is 127. The zero-order chi connectivity index (χ0) is 23.5. The van der Waals surface area contributed by atoms with E-state index in [0.717, 1.165) is 29.3 Å². The van der Waals surface area contributed by atoms with Gasteiger partial charge in [0.1, 0.15) is 11.6 Å². The molecule has 0 aliphatic rings. The van der Waals surface area contributed by atoms with Crippen LogP contribution in [0.2, 0.25) is 0 Å². The third-order valence-electron chi connectivity index (χ3n) is 4.70. The number of carbonyl (C=O) groups excluding carboxylic acids is 2. The number of halogens is 5. The Bertz CT molecular complexity index is 1170. The van der Waals surface area contributed by atoms with Crippen molar-refractivity contribution in [3.8, 4) is 0 Å². The molecule has 0 unspecified atom stereocenters. The molecule has 32 heavy (non-hydrogen) atoms. The van der Waals surface area contributed by atoms with E-state index in [1.54, 1.807) is 6.07 Å². The molecule has 0 heterocycles. The van der Waals surface area contributed by atoms with Gasteiger partial charge in [-0.3, -0.25) is 9.59 Å². The molecular weight excluding hydrogens is 537 g/mol. The lowest BCUT2D eigenvalue weighted by Gasteiger charge is -2.16. The van der Waals surface area contributed by atoms with E-state index in [9.17, 15) is 27.2 Å². The Kier molecular flexibility index (Phi) is 7.33. The lowest BCUT2D eigenvalue weighted by atomic mass is 9.99. The summed E-state index contributed by atoms with van der Waals surface area (Å²) in [6, 6.07) is 14.4. The average Bonchev–Trinajstić information content (AvgIpc) is 2.70. The van der Waals surface area contributed by atoms with Crippen LogP contribution in [0.5, 0.6) is 0 Å². The molecule has 0 aliphatic carbocycles. The highest BCUT2D eigenvalue weighted by Gasteiger charge is 2.34. The maximum absolute atomic E-state index is 13.9. The van der Waals surface area contributed by atoms with E-state index in [1.165, 1.54) is 18.2 Å². The summed E-state index contributed by atoms with van der Waals surface area (Å²) in [7, 11) is 0. The largest absolute Gasteiger partial charge is 0.418 e. The van der Waals surface area contributed by atoms with Gasteiger partial charge < -0.3 is 5.32 Å². The van der Waals surface area contributed by atoms with Crippen LogP contribution in [0.4, 0.5) is 23.2 Å². The van der Waals surface area contributed by atoms with Crippen LogP contribution in [0, 0.1) is 16.3 Å². The van der Waals surface area contributed by atoms with Crippen LogP contribution in [0.25, 0.3) is 0 Å². The van der Waals surface area contributed by atoms with Crippen molar-refractivity contribution in [2.45, 2.75) is 25.9 Å². The van der Waals surface area contributed by atoms with E-state index < -0.39 is 29.2 Å². The second-order valence-electron chi connectivity index (χ2n) is 7.34. The predicted molar refractivity (Wildman–Crippen MR) is 122 cm³/mol. The Labute approximate surface area is 196 Å². The van der Waals surface area contributed by atoms with E-state index in [4.69, 9.17) is 0 Å². The molecule has 3 aromatic carbocycles. The number of nitrogens with one attached hydrogen (secondary N) is 1. The van der Waals surface area contributed by atoms with Crippen LogP contribution in [-0.4, -0.2) is 11.7 Å². The van der Waals surface area contributed by atoms with Crippen molar-refractivity contribution in [3.63, 3.8) is 0 Å². The van der Waals surface area contributed by atoms with Crippen molar-refractivity contribution < 1.29 is 27.2 Å². The molecule has 0 aliphatic heterocycles. The number of carbonyl (C=O) groups is 2. The standard InChI is InChI=1S/C24H18F4INO2/c1-14-3-2-4-15(9-14)10-18(31)11-16-5-8-22(20(12-16)24(26,27)28)30-23(32)19-13-17(29)6-7-21(19)25/h2-9,12-13H,10-11H2,1H3,(H,30,32). The second kappa shape index (κ2) is 9.81. The Morgan fingerprint density at radius 1 is 0.938 bits per heavy atom. The van der Waals surface area contributed by atoms with E-state index in [2.05, 4.69) is 5.32 Å². The first-order valence-electron chi connectivity index (χ1n) is 9.56. The minimum absolute atomic E-state index is 0.105. The van der Waals surface area contributed by atoms with Crippen molar-refractivity contribution >= 4 is 40.0 Å². The lowest BCUT2D eigenvalue weighted by Crippen LogP contribution is -2.18. The first-order chi connectivity index (χ1) is 15.0. The molecule has 0 fully saturated rings. The molecule has 1 amide bonds. The quantitative estimate of drug-likeness (QED) is 0.284. The van der Waals surface area contributed by atoms with Gasteiger partial charge >= 0.3 is 6.18 Å². The van der Waals surface area contributed by atoms with Crippen LogP contribution in [-0.2, 0) is 23.8 Å². The van der Waals surface area contributed by atoms with Gasteiger partial charge in [0.15, 0.2) is 0 Å². The van der Waals surface area contributed by atoms with Crippen LogP contribution in [0.1, 0.15) is 32.6 Å². The van der Waals surface area contributed by atoms with E-state index >= 15 is 0 Å². The summed E-state index contributed by atoms with van der Waals surface area (Å²) < 4.78 is 55.4. The third kappa shape index (κ3) is 6.15. The Morgan fingerprint density at radius 2 is 1.62 bits per heavy atom. The molecule has 0 saturated carbocycles. The highest BCUT2D eigenvalue weighted by molar-refractivity contribution is 14.1. The van der Waals surface area contributed by atoms with Gasteiger partial charge in [0.25, 0.3) is 5.91 Å². The molecule has 166 valence electrons. The van der Waals surface area contributed by atoms with Gasteiger partial charge in [0, 0.05) is 16.4 Å². The van der Waals surface area contributed by atoms with Gasteiger partial charge in [0.2, 0.25) is 0 Å². The van der Waals surface area contributed by atoms with E-state index in [1.807, 2.05) is 47.7 Å². The van der Waals surface area contributed by atoms with Crippen molar-refractivity contribution in [1.29, 1.82) is 0 Å². The van der Waals surface area contributed by atoms with Crippen molar-refractivity contribution in [2.24, 2.45) is 0 Å². The molecule has 0 saturated heterocycles. The van der Waals surface area contributed by atoms with Gasteiger partial charge in [0.05, 0.1) is 16.8 Å². The summed E-state index contributed by atoms with van der Waals surface area (Å²) in [5, 5.41) is 2.14. The third-order valence-corrected chi connectivity index (χ3v) is 5.37. The molecule has 0 radical (unpaired) electrons. The highest BCUT2D eigenvalue weighted by Crippen LogP contribution is 2.36. The number of rotatable bonds is 6. The first kappa shape index (κ1) is 23.9. The normalized spacial score (nSPS) is 11.3. The zero-order valence-electron chi connectivity index (χ0n) is 16.9. The van der Waals surface area contributed by atoms with Gasteiger partial charge in [-0.15, -0.1) is 0 Å². The number of hydrogen-bond donors (Lipinski definition) is 1. The molecule has 8 heteroatoms. The maximum atomic E-state index is 13.9.